The van der Waals surface area contributed by atoms with Crippen LogP contribution in [0.1, 0.15) is 73.1 Å². The Morgan fingerprint density at radius 3 is 2.72 bits per heavy atom. The summed E-state index contributed by atoms with van der Waals surface area (Å²) in [6.45, 7) is 10.6. The van der Waals surface area contributed by atoms with Gasteiger partial charge in [-0.15, -0.1) is 0 Å². The van der Waals surface area contributed by atoms with Crippen molar-refractivity contribution in [2.24, 2.45) is 5.92 Å². The van der Waals surface area contributed by atoms with E-state index >= 15 is 0 Å². The van der Waals surface area contributed by atoms with E-state index in [4.69, 9.17) is 9.84 Å². The van der Waals surface area contributed by atoms with Crippen molar-refractivity contribution >= 4 is 0 Å². The number of ether oxygens (including phenoxy) is 1. The first-order valence-electron chi connectivity index (χ1n) is 9.57. The molecule has 3 unspecified atom stereocenters. The molecule has 25 heavy (non-hydrogen) atoms. The third-order valence-corrected chi connectivity index (χ3v) is 5.71. The molecule has 0 radical (unpaired) electrons. The van der Waals surface area contributed by atoms with Gasteiger partial charge in [0.25, 0.3) is 0 Å². The van der Waals surface area contributed by atoms with Crippen LogP contribution in [-0.2, 0) is 4.74 Å². The van der Waals surface area contributed by atoms with Crippen LogP contribution in [0, 0.1) is 5.92 Å². The summed E-state index contributed by atoms with van der Waals surface area (Å²) in [7, 11) is 0. The quantitative estimate of drug-likeness (QED) is 0.581. The highest BCUT2D eigenvalue weighted by molar-refractivity contribution is 5.06. The largest absolute Gasteiger partial charge is 0.392 e. The molecule has 4 nitrogen and oxygen atoms in total. The summed E-state index contributed by atoms with van der Waals surface area (Å²) < 4.78 is 6.01. The second kappa shape index (κ2) is 9.86. The van der Waals surface area contributed by atoms with Crippen LogP contribution >= 0.6 is 0 Å². The molecule has 3 N–H and O–H groups in total. The summed E-state index contributed by atoms with van der Waals surface area (Å²) in [5, 5.41) is 30.2. The van der Waals surface area contributed by atoms with Gasteiger partial charge in [0.05, 0.1) is 30.5 Å². The lowest BCUT2D eigenvalue weighted by molar-refractivity contribution is -0.106. The van der Waals surface area contributed by atoms with Gasteiger partial charge >= 0.3 is 0 Å². The van der Waals surface area contributed by atoms with Crippen molar-refractivity contribution in [2.75, 3.05) is 13.2 Å². The van der Waals surface area contributed by atoms with Gasteiger partial charge in [0.15, 0.2) is 0 Å². The van der Waals surface area contributed by atoms with E-state index in [9.17, 15) is 10.2 Å². The second-order valence-corrected chi connectivity index (χ2v) is 8.34. The molecule has 4 heteroatoms. The average Bonchev–Trinajstić information content (AvgIpc) is 2.67. The number of hydrogen-bond donors (Lipinski definition) is 3. The standard InChI is InChI=1S/C21H38O4/c1-16(2)10-13-20(4,24)17(3)7-6-12-21(5)19(23)9-8-18(11-14-22)15-25-21/h10-11,17,19,22-24H,6-9,12-15H2,1-5H3/b18-11+/t17?,19-,20?,21?/m1/s1. The third kappa shape index (κ3) is 7.22. The monoisotopic (exact) mass is 354 g/mol. The predicted octanol–water partition coefficient (Wildman–Crippen LogP) is 3.75. The van der Waals surface area contributed by atoms with Crippen molar-refractivity contribution in [3.63, 3.8) is 0 Å². The molecule has 1 aliphatic heterocycles. The van der Waals surface area contributed by atoms with Crippen molar-refractivity contribution in [3.8, 4) is 0 Å². The van der Waals surface area contributed by atoms with E-state index in [1.54, 1.807) is 6.08 Å². The van der Waals surface area contributed by atoms with E-state index in [-0.39, 0.29) is 12.5 Å². The van der Waals surface area contributed by atoms with Gasteiger partial charge in [-0.2, -0.15) is 0 Å². The molecule has 1 fully saturated rings. The molecule has 4 atom stereocenters. The van der Waals surface area contributed by atoms with Crippen LogP contribution < -0.4 is 0 Å². The molecule has 0 amide bonds. The first-order valence-corrected chi connectivity index (χ1v) is 9.57. The zero-order valence-electron chi connectivity index (χ0n) is 16.7. The van der Waals surface area contributed by atoms with Gasteiger partial charge in [-0.3, -0.25) is 0 Å². The maximum Gasteiger partial charge on any atom is 0.0916 e. The number of rotatable bonds is 8. The van der Waals surface area contributed by atoms with Crippen molar-refractivity contribution in [2.45, 2.75) is 90.4 Å². The molecule has 0 aromatic rings. The smallest absolute Gasteiger partial charge is 0.0916 e. The Balaban J connectivity index is 2.55. The van der Waals surface area contributed by atoms with E-state index in [0.717, 1.165) is 31.3 Å². The SMILES string of the molecule is CC(C)=CCC(C)(O)C(C)CCCC1(C)OC/C(=C/CO)CC[C@H]1O. The molecule has 1 aliphatic rings. The average molecular weight is 355 g/mol. The molecule has 0 bridgehead atoms. The normalized spacial score (nSPS) is 29.8. The first-order chi connectivity index (χ1) is 11.6. The maximum absolute atomic E-state index is 10.7. The van der Waals surface area contributed by atoms with Crippen LogP contribution in [0.3, 0.4) is 0 Å². The van der Waals surface area contributed by atoms with E-state index in [1.165, 1.54) is 5.57 Å². The molecule has 146 valence electrons. The summed E-state index contributed by atoms with van der Waals surface area (Å²) in [4.78, 5) is 0. The molecule has 0 aromatic heterocycles. The Labute approximate surface area is 153 Å². The molecular formula is C21H38O4. The molecule has 0 spiro atoms. The summed E-state index contributed by atoms with van der Waals surface area (Å²) in [5.41, 5.74) is 1.01. The highest BCUT2D eigenvalue weighted by Gasteiger charge is 2.36. The van der Waals surface area contributed by atoms with E-state index in [2.05, 4.69) is 13.0 Å². The topological polar surface area (TPSA) is 69.9 Å². The molecule has 1 saturated heterocycles. The maximum atomic E-state index is 10.7. The van der Waals surface area contributed by atoms with Gasteiger partial charge in [-0.1, -0.05) is 31.1 Å². The van der Waals surface area contributed by atoms with Gasteiger partial charge < -0.3 is 20.1 Å². The lowest BCUT2D eigenvalue weighted by atomic mass is 9.81. The van der Waals surface area contributed by atoms with E-state index in [0.29, 0.717) is 19.4 Å². The highest BCUT2D eigenvalue weighted by atomic mass is 16.5. The molecular weight excluding hydrogens is 316 g/mol. The van der Waals surface area contributed by atoms with Gasteiger partial charge in [0.1, 0.15) is 0 Å². The van der Waals surface area contributed by atoms with Gasteiger partial charge in [0, 0.05) is 0 Å². The zero-order chi connectivity index (χ0) is 19.1. The molecule has 1 rings (SSSR count). The van der Waals surface area contributed by atoms with Crippen LogP contribution in [0.2, 0.25) is 0 Å². The minimum Gasteiger partial charge on any atom is -0.392 e. The van der Waals surface area contributed by atoms with Crippen molar-refractivity contribution in [1.82, 2.24) is 0 Å². The summed E-state index contributed by atoms with van der Waals surface area (Å²) >= 11 is 0. The highest BCUT2D eigenvalue weighted by Crippen LogP contribution is 2.33. The van der Waals surface area contributed by atoms with Gasteiger partial charge in [0.2, 0.25) is 0 Å². The predicted molar refractivity (Wildman–Crippen MR) is 102 cm³/mol. The lowest BCUT2D eigenvalue weighted by Crippen LogP contribution is -2.41. The Bertz CT molecular complexity index is 463. The molecule has 1 heterocycles. The first kappa shape index (κ1) is 22.4. The number of hydrogen-bond acceptors (Lipinski definition) is 4. The van der Waals surface area contributed by atoms with Crippen molar-refractivity contribution < 1.29 is 20.1 Å². The lowest BCUT2D eigenvalue weighted by Gasteiger charge is -2.34. The Morgan fingerprint density at radius 1 is 1.44 bits per heavy atom. The fourth-order valence-electron chi connectivity index (χ4n) is 3.26. The molecule has 0 saturated carbocycles. The van der Waals surface area contributed by atoms with Crippen LogP contribution in [-0.4, -0.2) is 45.8 Å². The van der Waals surface area contributed by atoms with Gasteiger partial charge in [-0.05, 0) is 71.3 Å². The van der Waals surface area contributed by atoms with Crippen molar-refractivity contribution in [3.05, 3.63) is 23.3 Å². The Hall–Kier alpha value is -0.680. The van der Waals surface area contributed by atoms with Crippen LogP contribution in [0.5, 0.6) is 0 Å². The van der Waals surface area contributed by atoms with Gasteiger partial charge in [-0.25, -0.2) is 0 Å². The number of allylic oxidation sites excluding steroid dienone is 1. The summed E-state index contributed by atoms with van der Waals surface area (Å²) in [5.74, 6) is 0.180. The molecule has 0 aliphatic carbocycles. The van der Waals surface area contributed by atoms with E-state index < -0.39 is 17.3 Å². The minimum atomic E-state index is -0.710. The minimum absolute atomic E-state index is 0.0176. The van der Waals surface area contributed by atoms with Crippen molar-refractivity contribution in [1.29, 1.82) is 0 Å². The fraction of sp³-hybridized carbons (Fsp3) is 0.810. The molecule has 0 aromatic carbocycles. The van der Waals surface area contributed by atoms with Crippen LogP contribution in [0.25, 0.3) is 0 Å². The Morgan fingerprint density at radius 2 is 2.12 bits per heavy atom. The summed E-state index contributed by atoms with van der Waals surface area (Å²) in [6, 6.07) is 0. The zero-order valence-corrected chi connectivity index (χ0v) is 16.7. The van der Waals surface area contributed by atoms with E-state index in [1.807, 2.05) is 27.7 Å². The fourth-order valence-corrected chi connectivity index (χ4v) is 3.26. The number of aliphatic hydroxyl groups excluding tert-OH is 2. The van der Waals surface area contributed by atoms with Crippen LogP contribution in [0.4, 0.5) is 0 Å². The third-order valence-electron chi connectivity index (χ3n) is 5.71. The summed E-state index contributed by atoms with van der Waals surface area (Å²) in [6.07, 6.45) is 8.03. The Kier molecular flexibility index (Phi) is 8.82. The van der Waals surface area contributed by atoms with Crippen LogP contribution in [0.15, 0.2) is 23.3 Å². The second-order valence-electron chi connectivity index (χ2n) is 8.34. The number of aliphatic hydroxyl groups is 3.